The van der Waals surface area contributed by atoms with Gasteiger partial charge >= 0.3 is 0 Å². The Morgan fingerprint density at radius 2 is 1.70 bits per heavy atom. The highest BCUT2D eigenvalue weighted by Crippen LogP contribution is 2.22. The van der Waals surface area contributed by atoms with Crippen molar-refractivity contribution in [2.45, 2.75) is 44.4 Å². The topological polar surface area (TPSA) is 96.9 Å². The predicted molar refractivity (Wildman–Crippen MR) is 117 cm³/mol. The van der Waals surface area contributed by atoms with Gasteiger partial charge in [-0.2, -0.15) is 5.10 Å². The first-order chi connectivity index (χ1) is 14.4. The van der Waals surface area contributed by atoms with Crippen LogP contribution >= 0.6 is 0 Å². The smallest absolute Gasteiger partial charge is 0.271 e. The molecule has 0 atom stereocenters. The fourth-order valence-electron chi connectivity index (χ4n) is 3.19. The van der Waals surface area contributed by atoms with Crippen LogP contribution in [0.5, 0.6) is 5.75 Å². The van der Waals surface area contributed by atoms with Crippen LogP contribution in [-0.2, 0) is 10.0 Å². The number of hydrazone groups is 1. The molecule has 1 aliphatic rings. The van der Waals surface area contributed by atoms with Crippen LogP contribution in [0.15, 0.2) is 58.5 Å². The molecule has 0 heterocycles. The van der Waals surface area contributed by atoms with Crippen molar-refractivity contribution in [2.75, 3.05) is 11.3 Å². The van der Waals surface area contributed by atoms with E-state index in [9.17, 15) is 13.2 Å². The molecule has 0 radical (unpaired) electrons. The van der Waals surface area contributed by atoms with Gasteiger partial charge in [-0.05, 0) is 87.1 Å². The first kappa shape index (κ1) is 21.8. The summed E-state index contributed by atoms with van der Waals surface area (Å²) in [7, 11) is -3.74. The fraction of sp³-hybridized carbons (Fsp3) is 0.364. The van der Waals surface area contributed by atoms with E-state index in [1.165, 1.54) is 12.1 Å². The van der Waals surface area contributed by atoms with E-state index in [-0.39, 0.29) is 10.8 Å². The zero-order chi connectivity index (χ0) is 21.6. The standard InChI is InChI=1S/C22H27N3O4S/c1-3-29-20-12-14-21(15-13-20)30(27,28)25-19-10-6-17(7-11-19)22(26)24-23-18-8-4-16(2)5-9-18/h6-7,10-16,25H,3-5,8-9H2,1-2H3,(H,24,26). The third-order valence-corrected chi connectivity index (χ3v) is 6.41. The number of anilines is 1. The fourth-order valence-corrected chi connectivity index (χ4v) is 4.25. The lowest BCUT2D eigenvalue weighted by Crippen LogP contribution is -2.21. The van der Waals surface area contributed by atoms with E-state index >= 15 is 0 Å². The number of amides is 1. The predicted octanol–water partition coefficient (Wildman–Crippen LogP) is 4.18. The highest BCUT2D eigenvalue weighted by atomic mass is 32.2. The molecule has 2 aromatic rings. The molecule has 0 aromatic heterocycles. The third kappa shape index (κ3) is 5.82. The number of ether oxygens (including phenoxy) is 1. The lowest BCUT2D eigenvalue weighted by Gasteiger charge is -2.18. The molecule has 30 heavy (non-hydrogen) atoms. The van der Waals surface area contributed by atoms with Gasteiger partial charge < -0.3 is 4.74 Å². The molecule has 1 fully saturated rings. The van der Waals surface area contributed by atoms with E-state index in [1.54, 1.807) is 36.4 Å². The molecule has 1 amide bonds. The number of nitrogens with one attached hydrogen (secondary N) is 2. The van der Waals surface area contributed by atoms with Gasteiger partial charge in [0.05, 0.1) is 11.5 Å². The molecular weight excluding hydrogens is 402 g/mol. The van der Waals surface area contributed by atoms with Crippen molar-refractivity contribution in [3.63, 3.8) is 0 Å². The molecule has 160 valence electrons. The third-order valence-electron chi connectivity index (χ3n) is 5.01. The summed E-state index contributed by atoms with van der Waals surface area (Å²) >= 11 is 0. The minimum absolute atomic E-state index is 0.130. The summed E-state index contributed by atoms with van der Waals surface area (Å²) in [5.74, 6) is 0.999. The average Bonchev–Trinajstić information content (AvgIpc) is 2.74. The van der Waals surface area contributed by atoms with Gasteiger partial charge in [0.2, 0.25) is 0 Å². The van der Waals surface area contributed by atoms with Gasteiger partial charge in [-0.15, -0.1) is 0 Å². The van der Waals surface area contributed by atoms with E-state index in [0.717, 1.165) is 31.4 Å². The Morgan fingerprint density at radius 1 is 1.07 bits per heavy atom. The number of carbonyl (C=O) groups excluding carboxylic acids is 1. The quantitative estimate of drug-likeness (QED) is 0.645. The monoisotopic (exact) mass is 429 g/mol. The summed E-state index contributed by atoms with van der Waals surface area (Å²) in [5, 5.41) is 4.23. The van der Waals surface area contributed by atoms with E-state index in [4.69, 9.17) is 4.74 Å². The highest BCUT2D eigenvalue weighted by Gasteiger charge is 2.16. The summed E-state index contributed by atoms with van der Waals surface area (Å²) in [5.41, 5.74) is 4.38. The van der Waals surface area contributed by atoms with Crippen molar-refractivity contribution >= 4 is 27.3 Å². The first-order valence-corrected chi connectivity index (χ1v) is 11.6. The van der Waals surface area contributed by atoms with Crippen molar-refractivity contribution in [1.29, 1.82) is 0 Å². The van der Waals surface area contributed by atoms with Gasteiger partial charge in [0.25, 0.3) is 15.9 Å². The Kier molecular flexibility index (Phi) is 7.10. The number of hydrogen-bond acceptors (Lipinski definition) is 5. The van der Waals surface area contributed by atoms with E-state index < -0.39 is 10.0 Å². The van der Waals surface area contributed by atoms with Crippen LogP contribution in [0.25, 0.3) is 0 Å². The summed E-state index contributed by atoms with van der Waals surface area (Å²) in [6, 6.07) is 12.4. The molecule has 3 rings (SSSR count). The largest absolute Gasteiger partial charge is 0.494 e. The molecule has 0 saturated heterocycles. The lowest BCUT2D eigenvalue weighted by atomic mass is 9.90. The molecule has 0 bridgehead atoms. The molecular formula is C22H27N3O4S. The lowest BCUT2D eigenvalue weighted by molar-refractivity contribution is 0.0954. The van der Waals surface area contributed by atoms with Gasteiger partial charge in [0.1, 0.15) is 5.75 Å². The molecule has 0 aliphatic heterocycles. The minimum Gasteiger partial charge on any atom is -0.494 e. The molecule has 1 aliphatic carbocycles. The van der Waals surface area contributed by atoms with Gasteiger partial charge in [-0.25, -0.2) is 13.8 Å². The van der Waals surface area contributed by atoms with Crippen LogP contribution in [-0.4, -0.2) is 26.6 Å². The molecule has 0 unspecified atom stereocenters. The van der Waals surface area contributed by atoms with Crippen LogP contribution in [0.3, 0.4) is 0 Å². The maximum atomic E-state index is 12.5. The van der Waals surface area contributed by atoms with Crippen LogP contribution in [0.2, 0.25) is 0 Å². The van der Waals surface area contributed by atoms with Crippen molar-refractivity contribution in [1.82, 2.24) is 5.43 Å². The SMILES string of the molecule is CCOc1ccc(S(=O)(=O)Nc2ccc(C(=O)NN=C3CCC(C)CC3)cc2)cc1. The van der Waals surface area contributed by atoms with Gasteiger partial charge in [0.15, 0.2) is 0 Å². The second-order valence-electron chi connectivity index (χ2n) is 7.39. The van der Waals surface area contributed by atoms with Crippen LogP contribution in [0, 0.1) is 5.92 Å². The van der Waals surface area contributed by atoms with Crippen LogP contribution in [0.4, 0.5) is 5.69 Å². The number of carbonyl (C=O) groups is 1. The molecule has 1 saturated carbocycles. The number of benzene rings is 2. The Balaban J connectivity index is 1.60. The van der Waals surface area contributed by atoms with Crippen molar-refractivity contribution < 1.29 is 17.9 Å². The second-order valence-corrected chi connectivity index (χ2v) is 9.07. The summed E-state index contributed by atoms with van der Waals surface area (Å²) in [6.45, 7) is 4.59. The number of rotatable bonds is 7. The zero-order valence-electron chi connectivity index (χ0n) is 17.2. The van der Waals surface area contributed by atoms with Gasteiger partial charge in [0, 0.05) is 17.0 Å². The van der Waals surface area contributed by atoms with Crippen molar-refractivity contribution in [3.8, 4) is 5.75 Å². The summed E-state index contributed by atoms with van der Waals surface area (Å²) in [4.78, 5) is 12.4. The Morgan fingerprint density at radius 3 is 2.30 bits per heavy atom. The minimum atomic E-state index is -3.74. The normalized spacial score (nSPS) is 16.6. The number of sulfonamides is 1. The molecule has 2 aromatic carbocycles. The molecule has 7 nitrogen and oxygen atoms in total. The molecule has 0 spiro atoms. The molecule has 8 heteroatoms. The number of hydrogen-bond donors (Lipinski definition) is 2. The Labute approximate surface area is 177 Å². The van der Waals surface area contributed by atoms with Crippen molar-refractivity contribution in [2.24, 2.45) is 11.0 Å². The van der Waals surface area contributed by atoms with Crippen LogP contribution < -0.4 is 14.9 Å². The average molecular weight is 430 g/mol. The van der Waals surface area contributed by atoms with Gasteiger partial charge in [-0.1, -0.05) is 6.92 Å². The number of nitrogens with zero attached hydrogens (tertiary/aromatic N) is 1. The van der Waals surface area contributed by atoms with E-state index in [1.807, 2.05) is 6.92 Å². The second kappa shape index (κ2) is 9.75. The maximum absolute atomic E-state index is 12.5. The summed E-state index contributed by atoms with van der Waals surface area (Å²) < 4.78 is 32.9. The highest BCUT2D eigenvalue weighted by molar-refractivity contribution is 7.92. The molecule has 2 N–H and O–H groups in total. The van der Waals surface area contributed by atoms with E-state index in [2.05, 4.69) is 22.2 Å². The van der Waals surface area contributed by atoms with Crippen molar-refractivity contribution in [3.05, 3.63) is 54.1 Å². The van der Waals surface area contributed by atoms with Crippen LogP contribution in [0.1, 0.15) is 49.9 Å². The van der Waals surface area contributed by atoms with Gasteiger partial charge in [-0.3, -0.25) is 9.52 Å². The maximum Gasteiger partial charge on any atom is 0.271 e. The Bertz CT molecular complexity index is 990. The summed E-state index contributed by atoms with van der Waals surface area (Å²) in [6.07, 6.45) is 4.01. The zero-order valence-corrected chi connectivity index (χ0v) is 18.0. The Hall–Kier alpha value is -2.87. The first-order valence-electron chi connectivity index (χ1n) is 10.1. The van der Waals surface area contributed by atoms with E-state index in [0.29, 0.717) is 29.5 Å².